The lowest BCUT2D eigenvalue weighted by Gasteiger charge is -2.16. The largest absolute Gasteiger partial charge is 0.468 e. The first kappa shape index (κ1) is 13.5. The van der Waals surface area contributed by atoms with Crippen molar-refractivity contribution >= 4 is 5.97 Å². The van der Waals surface area contributed by atoms with Crippen LogP contribution < -0.4 is 5.32 Å². The zero-order valence-corrected chi connectivity index (χ0v) is 10.3. The van der Waals surface area contributed by atoms with Crippen molar-refractivity contribution in [2.24, 2.45) is 0 Å². The lowest BCUT2D eigenvalue weighted by Crippen LogP contribution is -2.39. The molecule has 0 heterocycles. The summed E-state index contributed by atoms with van der Waals surface area (Å²) in [6.45, 7) is 3.36. The molecule has 0 aromatic heterocycles. The lowest BCUT2D eigenvalue weighted by molar-refractivity contribution is -0.143. The van der Waals surface area contributed by atoms with Crippen LogP contribution in [0.3, 0.4) is 0 Å². The first-order valence-corrected chi connectivity index (χ1v) is 6.20. The van der Waals surface area contributed by atoms with Crippen molar-refractivity contribution in [3.63, 3.8) is 0 Å². The van der Waals surface area contributed by atoms with Gasteiger partial charge in [0.2, 0.25) is 0 Å². The fraction of sp³-hybridized carbons (Fsp3) is 0.917. The van der Waals surface area contributed by atoms with Gasteiger partial charge in [-0.15, -0.1) is 0 Å². The molecular formula is C12H23NO3. The van der Waals surface area contributed by atoms with E-state index in [1.807, 2.05) is 6.92 Å². The second-order valence-electron chi connectivity index (χ2n) is 4.22. The van der Waals surface area contributed by atoms with E-state index in [1.165, 1.54) is 32.8 Å². The number of hydrogen-bond donors (Lipinski definition) is 1. The number of carbonyl (C=O) groups is 1. The maximum absolute atomic E-state index is 11.3. The molecule has 1 N–H and O–H groups in total. The van der Waals surface area contributed by atoms with Crippen LogP contribution in [0.25, 0.3) is 0 Å². The second-order valence-corrected chi connectivity index (χ2v) is 4.22. The van der Waals surface area contributed by atoms with E-state index in [1.54, 1.807) is 0 Å². The minimum absolute atomic E-state index is 0.191. The number of methoxy groups -OCH3 is 1. The standard InChI is InChI=1S/C12H23NO3/c1-3-11(12(14)15-2)13-8-9-16-10-6-4-5-7-10/h10-11,13H,3-9H2,1-2H3. The Kier molecular flexibility index (Phi) is 6.42. The molecule has 4 nitrogen and oxygen atoms in total. The number of esters is 1. The van der Waals surface area contributed by atoms with Crippen molar-refractivity contribution in [2.45, 2.75) is 51.2 Å². The summed E-state index contributed by atoms with van der Waals surface area (Å²) in [5.41, 5.74) is 0. The van der Waals surface area contributed by atoms with Gasteiger partial charge in [0.15, 0.2) is 0 Å². The molecule has 1 unspecified atom stereocenters. The molecule has 16 heavy (non-hydrogen) atoms. The summed E-state index contributed by atoms with van der Waals surface area (Å²) in [4.78, 5) is 11.3. The van der Waals surface area contributed by atoms with E-state index in [9.17, 15) is 4.79 Å². The molecular weight excluding hydrogens is 206 g/mol. The van der Waals surface area contributed by atoms with E-state index in [-0.39, 0.29) is 12.0 Å². The minimum atomic E-state index is -0.197. The number of hydrogen-bond acceptors (Lipinski definition) is 4. The van der Waals surface area contributed by atoms with Crippen LogP contribution in [0, 0.1) is 0 Å². The Morgan fingerprint density at radius 1 is 1.44 bits per heavy atom. The molecule has 0 aliphatic heterocycles. The SMILES string of the molecule is CCC(NCCOC1CCCC1)C(=O)OC. The van der Waals surface area contributed by atoms with Gasteiger partial charge in [0.1, 0.15) is 6.04 Å². The Labute approximate surface area is 97.7 Å². The fourth-order valence-corrected chi connectivity index (χ4v) is 2.05. The Morgan fingerprint density at radius 2 is 2.12 bits per heavy atom. The summed E-state index contributed by atoms with van der Waals surface area (Å²) in [6.07, 6.45) is 6.15. The van der Waals surface area contributed by atoms with Gasteiger partial charge in [-0.3, -0.25) is 4.79 Å². The predicted octanol–water partition coefficient (Wildman–Crippen LogP) is 1.49. The van der Waals surface area contributed by atoms with E-state index in [2.05, 4.69) is 5.32 Å². The molecule has 0 aromatic carbocycles. The molecule has 0 radical (unpaired) electrons. The van der Waals surface area contributed by atoms with Crippen LogP contribution in [-0.2, 0) is 14.3 Å². The van der Waals surface area contributed by atoms with E-state index < -0.39 is 0 Å². The Hall–Kier alpha value is -0.610. The average molecular weight is 229 g/mol. The van der Waals surface area contributed by atoms with Gasteiger partial charge in [-0.1, -0.05) is 19.8 Å². The topological polar surface area (TPSA) is 47.6 Å². The molecule has 0 spiro atoms. The average Bonchev–Trinajstić information content (AvgIpc) is 2.81. The third-order valence-corrected chi connectivity index (χ3v) is 3.04. The number of ether oxygens (including phenoxy) is 2. The van der Waals surface area contributed by atoms with Crippen molar-refractivity contribution < 1.29 is 14.3 Å². The Balaban J connectivity index is 2.06. The van der Waals surface area contributed by atoms with Crippen molar-refractivity contribution in [1.82, 2.24) is 5.32 Å². The lowest BCUT2D eigenvalue weighted by atomic mass is 10.2. The van der Waals surface area contributed by atoms with Crippen molar-refractivity contribution in [1.29, 1.82) is 0 Å². The van der Waals surface area contributed by atoms with Gasteiger partial charge >= 0.3 is 5.97 Å². The Morgan fingerprint density at radius 3 is 2.69 bits per heavy atom. The van der Waals surface area contributed by atoms with Gasteiger partial charge in [-0.2, -0.15) is 0 Å². The summed E-state index contributed by atoms with van der Waals surface area (Å²) < 4.78 is 10.4. The van der Waals surface area contributed by atoms with Gasteiger partial charge < -0.3 is 14.8 Å². The highest BCUT2D eigenvalue weighted by molar-refractivity contribution is 5.75. The van der Waals surface area contributed by atoms with Gasteiger partial charge in [0.25, 0.3) is 0 Å². The fourth-order valence-electron chi connectivity index (χ4n) is 2.05. The molecule has 0 amide bonds. The smallest absolute Gasteiger partial charge is 0.322 e. The van der Waals surface area contributed by atoms with E-state index in [0.29, 0.717) is 19.3 Å². The molecule has 1 rings (SSSR count). The minimum Gasteiger partial charge on any atom is -0.468 e. The second kappa shape index (κ2) is 7.63. The maximum atomic E-state index is 11.3. The molecule has 1 fully saturated rings. The van der Waals surface area contributed by atoms with E-state index in [4.69, 9.17) is 9.47 Å². The normalized spacial score (nSPS) is 18.6. The van der Waals surface area contributed by atoms with Gasteiger partial charge in [-0.05, 0) is 19.3 Å². The van der Waals surface area contributed by atoms with Crippen LogP contribution in [0.2, 0.25) is 0 Å². The summed E-state index contributed by atoms with van der Waals surface area (Å²) in [7, 11) is 1.42. The first-order chi connectivity index (χ1) is 7.77. The molecule has 0 saturated heterocycles. The van der Waals surface area contributed by atoms with Gasteiger partial charge in [-0.25, -0.2) is 0 Å². The maximum Gasteiger partial charge on any atom is 0.322 e. The van der Waals surface area contributed by atoms with Crippen LogP contribution >= 0.6 is 0 Å². The molecule has 1 aliphatic carbocycles. The zero-order chi connectivity index (χ0) is 11.8. The summed E-state index contributed by atoms with van der Waals surface area (Å²) in [5.74, 6) is -0.191. The number of carbonyl (C=O) groups excluding carboxylic acids is 1. The van der Waals surface area contributed by atoms with Crippen LogP contribution in [0.15, 0.2) is 0 Å². The van der Waals surface area contributed by atoms with Crippen molar-refractivity contribution in [2.75, 3.05) is 20.3 Å². The van der Waals surface area contributed by atoms with E-state index in [0.717, 1.165) is 6.42 Å². The number of rotatable bonds is 7. The Bertz CT molecular complexity index is 202. The molecule has 4 heteroatoms. The summed E-state index contributed by atoms with van der Waals surface area (Å²) in [5, 5.41) is 3.14. The molecule has 0 aromatic rings. The van der Waals surface area contributed by atoms with E-state index >= 15 is 0 Å². The van der Waals surface area contributed by atoms with Gasteiger partial charge in [0.05, 0.1) is 19.8 Å². The predicted molar refractivity (Wildman–Crippen MR) is 62.3 cm³/mol. The quantitative estimate of drug-likeness (QED) is 0.531. The third kappa shape index (κ3) is 4.49. The number of nitrogens with one attached hydrogen (secondary N) is 1. The summed E-state index contributed by atoms with van der Waals surface area (Å²) in [6, 6.07) is -0.197. The highest BCUT2D eigenvalue weighted by Gasteiger charge is 2.17. The molecule has 1 saturated carbocycles. The van der Waals surface area contributed by atoms with Crippen molar-refractivity contribution in [3.8, 4) is 0 Å². The zero-order valence-electron chi connectivity index (χ0n) is 10.3. The highest BCUT2D eigenvalue weighted by Crippen LogP contribution is 2.20. The molecule has 1 aliphatic rings. The van der Waals surface area contributed by atoms with Crippen LogP contribution in [0.5, 0.6) is 0 Å². The third-order valence-electron chi connectivity index (χ3n) is 3.04. The van der Waals surface area contributed by atoms with Crippen LogP contribution in [-0.4, -0.2) is 38.4 Å². The highest BCUT2D eigenvalue weighted by atomic mass is 16.5. The molecule has 1 atom stereocenters. The van der Waals surface area contributed by atoms with Crippen LogP contribution in [0.4, 0.5) is 0 Å². The van der Waals surface area contributed by atoms with Gasteiger partial charge in [0, 0.05) is 6.54 Å². The molecule has 94 valence electrons. The van der Waals surface area contributed by atoms with Crippen LogP contribution in [0.1, 0.15) is 39.0 Å². The first-order valence-electron chi connectivity index (χ1n) is 6.20. The van der Waals surface area contributed by atoms with Crippen molar-refractivity contribution in [3.05, 3.63) is 0 Å². The monoisotopic (exact) mass is 229 g/mol. The molecule has 0 bridgehead atoms. The summed E-state index contributed by atoms with van der Waals surface area (Å²) >= 11 is 0.